The van der Waals surface area contributed by atoms with Gasteiger partial charge in [0.25, 0.3) is 17.1 Å². The normalized spacial score (nSPS) is 14.7. The zero-order chi connectivity index (χ0) is 23.2. The molecule has 2 heterocycles. The van der Waals surface area contributed by atoms with Gasteiger partial charge in [-0.05, 0) is 48.2 Å². The van der Waals surface area contributed by atoms with Crippen molar-refractivity contribution in [2.24, 2.45) is 0 Å². The van der Waals surface area contributed by atoms with Gasteiger partial charge in [-0.3, -0.25) is 19.3 Å². The number of imide groups is 1. The average Bonchev–Trinajstić information content (AvgIpc) is 3.40. The number of amides is 3. The van der Waals surface area contributed by atoms with Crippen LogP contribution in [0.1, 0.15) is 21.9 Å². The number of rotatable bonds is 8. The highest BCUT2D eigenvalue weighted by Crippen LogP contribution is 2.32. The second kappa shape index (κ2) is 10.2. The highest BCUT2D eigenvalue weighted by atomic mass is 32.2. The molecule has 1 N–H and O–H groups in total. The van der Waals surface area contributed by atoms with Crippen molar-refractivity contribution in [2.75, 3.05) is 13.1 Å². The molecule has 168 valence electrons. The van der Waals surface area contributed by atoms with E-state index in [0.717, 1.165) is 16.7 Å². The molecule has 1 aliphatic rings. The van der Waals surface area contributed by atoms with Crippen LogP contribution in [0, 0.1) is 5.82 Å². The molecule has 0 saturated carbocycles. The minimum Gasteiger partial charge on any atom is -0.486 e. The van der Waals surface area contributed by atoms with Gasteiger partial charge in [-0.15, -0.1) is 0 Å². The Balaban J connectivity index is 1.28. The first-order valence-electron chi connectivity index (χ1n) is 10.1. The Morgan fingerprint density at radius 1 is 1.06 bits per heavy atom. The SMILES string of the molecule is O=C(NCCN1C(=O)S/C(=C\c2ccccc2F)C1=O)c1ccc(COc2ccccc2)o1. The predicted molar refractivity (Wildman–Crippen MR) is 121 cm³/mol. The number of nitrogens with zero attached hydrogens (tertiary/aromatic N) is 1. The minimum absolute atomic E-state index is 0.0182. The molecule has 0 spiro atoms. The highest BCUT2D eigenvalue weighted by molar-refractivity contribution is 8.18. The Labute approximate surface area is 193 Å². The number of carbonyl (C=O) groups excluding carboxylic acids is 3. The smallest absolute Gasteiger partial charge is 0.293 e. The second-order valence-electron chi connectivity index (χ2n) is 6.98. The van der Waals surface area contributed by atoms with E-state index in [9.17, 15) is 18.8 Å². The van der Waals surface area contributed by atoms with Gasteiger partial charge >= 0.3 is 0 Å². The maximum Gasteiger partial charge on any atom is 0.293 e. The molecule has 0 atom stereocenters. The first-order valence-corrected chi connectivity index (χ1v) is 10.9. The van der Waals surface area contributed by atoms with E-state index in [4.69, 9.17) is 9.15 Å². The quantitative estimate of drug-likeness (QED) is 0.493. The average molecular weight is 466 g/mol. The zero-order valence-electron chi connectivity index (χ0n) is 17.3. The van der Waals surface area contributed by atoms with E-state index >= 15 is 0 Å². The van der Waals surface area contributed by atoms with Crippen molar-refractivity contribution in [3.05, 3.63) is 94.5 Å². The van der Waals surface area contributed by atoms with E-state index in [1.807, 2.05) is 30.3 Å². The number of hydrogen-bond donors (Lipinski definition) is 1. The Bertz CT molecular complexity index is 1210. The van der Waals surface area contributed by atoms with Crippen molar-refractivity contribution < 1.29 is 27.9 Å². The Kier molecular flexibility index (Phi) is 6.89. The van der Waals surface area contributed by atoms with Crippen LogP contribution in [-0.2, 0) is 11.4 Å². The topological polar surface area (TPSA) is 88.9 Å². The third kappa shape index (κ3) is 5.50. The number of benzene rings is 2. The molecule has 1 fully saturated rings. The van der Waals surface area contributed by atoms with Gasteiger partial charge in [-0.2, -0.15) is 0 Å². The van der Waals surface area contributed by atoms with Crippen molar-refractivity contribution in [1.82, 2.24) is 10.2 Å². The molecule has 33 heavy (non-hydrogen) atoms. The summed E-state index contributed by atoms with van der Waals surface area (Å²) in [7, 11) is 0. The molecule has 0 aliphatic carbocycles. The first kappa shape index (κ1) is 22.3. The third-order valence-electron chi connectivity index (χ3n) is 4.70. The molecular formula is C24H19FN2O5S. The van der Waals surface area contributed by atoms with E-state index < -0.39 is 22.9 Å². The lowest BCUT2D eigenvalue weighted by molar-refractivity contribution is -0.122. The second-order valence-corrected chi connectivity index (χ2v) is 7.97. The van der Waals surface area contributed by atoms with Crippen LogP contribution in [-0.4, -0.2) is 35.0 Å². The van der Waals surface area contributed by atoms with Crippen LogP contribution in [0.15, 0.2) is 76.1 Å². The molecule has 4 rings (SSSR count). The fraction of sp³-hybridized carbons (Fsp3) is 0.125. The van der Waals surface area contributed by atoms with Gasteiger partial charge in [0, 0.05) is 18.7 Å². The Morgan fingerprint density at radius 3 is 2.61 bits per heavy atom. The number of halogens is 1. The molecule has 9 heteroatoms. The molecule has 0 radical (unpaired) electrons. The van der Waals surface area contributed by atoms with Gasteiger partial charge in [-0.25, -0.2) is 4.39 Å². The van der Waals surface area contributed by atoms with Crippen LogP contribution < -0.4 is 10.1 Å². The van der Waals surface area contributed by atoms with E-state index in [1.165, 1.54) is 24.3 Å². The molecule has 7 nitrogen and oxygen atoms in total. The van der Waals surface area contributed by atoms with Crippen LogP contribution in [0.2, 0.25) is 0 Å². The molecule has 0 unspecified atom stereocenters. The van der Waals surface area contributed by atoms with Crippen molar-refractivity contribution in [3.63, 3.8) is 0 Å². The number of thioether (sulfide) groups is 1. The largest absolute Gasteiger partial charge is 0.486 e. The minimum atomic E-state index is -0.527. The van der Waals surface area contributed by atoms with Crippen molar-refractivity contribution >= 4 is 34.9 Å². The van der Waals surface area contributed by atoms with E-state index in [0.29, 0.717) is 11.5 Å². The summed E-state index contributed by atoms with van der Waals surface area (Å²) in [6.45, 7) is 0.193. The number of hydrogen-bond acceptors (Lipinski definition) is 6. The van der Waals surface area contributed by atoms with Crippen molar-refractivity contribution in [2.45, 2.75) is 6.61 Å². The Hall–Kier alpha value is -3.85. The first-order chi connectivity index (χ1) is 16.0. The molecule has 1 aliphatic heterocycles. The number of ether oxygens (including phenoxy) is 1. The van der Waals surface area contributed by atoms with Crippen LogP contribution in [0.25, 0.3) is 6.08 Å². The maximum atomic E-state index is 13.8. The number of nitrogens with one attached hydrogen (secondary N) is 1. The summed E-state index contributed by atoms with van der Waals surface area (Å²) in [5.74, 6) is -0.233. The molecule has 0 bridgehead atoms. The predicted octanol–water partition coefficient (Wildman–Crippen LogP) is 4.46. The van der Waals surface area contributed by atoms with Gasteiger partial charge in [0.15, 0.2) is 5.76 Å². The van der Waals surface area contributed by atoms with E-state index in [-0.39, 0.29) is 35.9 Å². The summed E-state index contributed by atoms with van der Waals surface area (Å²) < 4.78 is 24.9. The van der Waals surface area contributed by atoms with Crippen LogP contribution >= 0.6 is 11.8 Å². The lowest BCUT2D eigenvalue weighted by atomic mass is 10.2. The van der Waals surface area contributed by atoms with Gasteiger partial charge < -0.3 is 14.5 Å². The van der Waals surface area contributed by atoms with Crippen LogP contribution in [0.4, 0.5) is 9.18 Å². The third-order valence-corrected chi connectivity index (χ3v) is 5.60. The van der Waals surface area contributed by atoms with Crippen LogP contribution in [0.5, 0.6) is 5.75 Å². The molecule has 1 saturated heterocycles. The molecule has 3 aromatic rings. The highest BCUT2D eigenvalue weighted by Gasteiger charge is 2.34. The molecule has 3 amide bonds. The van der Waals surface area contributed by atoms with E-state index in [2.05, 4.69) is 5.32 Å². The summed E-state index contributed by atoms with van der Waals surface area (Å²) >= 11 is 0.734. The van der Waals surface area contributed by atoms with Gasteiger partial charge in [0.2, 0.25) is 0 Å². The number of carbonyl (C=O) groups is 3. The zero-order valence-corrected chi connectivity index (χ0v) is 18.1. The molecule has 1 aromatic heterocycles. The number of furan rings is 1. The number of para-hydroxylation sites is 1. The molecule has 2 aromatic carbocycles. The fourth-order valence-electron chi connectivity index (χ4n) is 3.04. The maximum absolute atomic E-state index is 13.8. The van der Waals surface area contributed by atoms with E-state index in [1.54, 1.807) is 18.2 Å². The molecular weight excluding hydrogens is 447 g/mol. The lowest BCUT2D eigenvalue weighted by Crippen LogP contribution is -2.37. The Morgan fingerprint density at radius 2 is 1.82 bits per heavy atom. The van der Waals surface area contributed by atoms with Crippen molar-refractivity contribution in [3.8, 4) is 5.75 Å². The standard InChI is InChI=1S/C24H19FN2O5S/c25-19-9-5-4-6-16(19)14-21-23(29)27(24(30)33-21)13-12-26-22(28)20-11-10-18(32-20)15-31-17-7-2-1-3-8-17/h1-11,14H,12-13,15H2,(H,26,28)/b21-14-. The monoisotopic (exact) mass is 466 g/mol. The summed E-state index contributed by atoms with van der Waals surface area (Å²) in [6, 6.07) is 18.3. The lowest BCUT2D eigenvalue weighted by Gasteiger charge is -2.12. The summed E-state index contributed by atoms with van der Waals surface area (Å²) in [5, 5.41) is 2.14. The summed E-state index contributed by atoms with van der Waals surface area (Å²) in [4.78, 5) is 38.2. The summed E-state index contributed by atoms with van der Waals surface area (Å²) in [6.07, 6.45) is 1.35. The van der Waals surface area contributed by atoms with Crippen molar-refractivity contribution in [1.29, 1.82) is 0 Å². The summed E-state index contributed by atoms with van der Waals surface area (Å²) in [5.41, 5.74) is 0.223. The van der Waals surface area contributed by atoms with Crippen LogP contribution in [0.3, 0.4) is 0 Å². The fourth-order valence-corrected chi connectivity index (χ4v) is 3.90. The van der Waals surface area contributed by atoms with Gasteiger partial charge in [-0.1, -0.05) is 36.4 Å². The van der Waals surface area contributed by atoms with Gasteiger partial charge in [0.1, 0.15) is 23.9 Å². The van der Waals surface area contributed by atoms with Gasteiger partial charge in [0.05, 0.1) is 4.91 Å².